The summed E-state index contributed by atoms with van der Waals surface area (Å²) in [6.07, 6.45) is 0.182. The van der Waals surface area contributed by atoms with Crippen molar-refractivity contribution in [3.05, 3.63) is 64.2 Å². The van der Waals surface area contributed by atoms with Crippen LogP contribution in [0, 0.1) is 12.8 Å². The number of nitrogens with zero attached hydrogens (tertiary/aromatic N) is 2. The van der Waals surface area contributed by atoms with Crippen LogP contribution in [-0.4, -0.2) is 51.9 Å². The first-order chi connectivity index (χ1) is 16.9. The molecule has 0 bridgehead atoms. The van der Waals surface area contributed by atoms with Crippen molar-refractivity contribution >= 4 is 41.0 Å². The van der Waals surface area contributed by atoms with Crippen molar-refractivity contribution in [2.45, 2.75) is 65.7 Å². The van der Waals surface area contributed by atoms with Gasteiger partial charge in [-0.2, -0.15) is 0 Å². The van der Waals surface area contributed by atoms with Gasteiger partial charge in [-0.3, -0.25) is 19.3 Å². The van der Waals surface area contributed by atoms with Gasteiger partial charge < -0.3 is 15.3 Å². The maximum Gasteiger partial charge on any atom is 0.326 e. The lowest BCUT2D eigenvalue weighted by atomic mass is 10.0. The predicted octanol–water partition coefficient (Wildman–Crippen LogP) is 4.03. The van der Waals surface area contributed by atoms with Crippen molar-refractivity contribution in [3.8, 4) is 0 Å². The van der Waals surface area contributed by atoms with Crippen LogP contribution in [0.5, 0.6) is 0 Å². The van der Waals surface area contributed by atoms with Crippen LogP contribution in [0.3, 0.4) is 0 Å². The summed E-state index contributed by atoms with van der Waals surface area (Å²) in [6.45, 7) is 9.04. The van der Waals surface area contributed by atoms with Crippen molar-refractivity contribution in [3.63, 3.8) is 0 Å². The van der Waals surface area contributed by atoms with Gasteiger partial charge in [0, 0.05) is 19.0 Å². The van der Waals surface area contributed by atoms with Crippen molar-refractivity contribution < 1.29 is 24.3 Å². The number of carbonyl (C=O) groups is 4. The van der Waals surface area contributed by atoms with Crippen molar-refractivity contribution in [1.82, 2.24) is 10.2 Å². The highest BCUT2D eigenvalue weighted by atomic mass is 35.5. The second-order valence-electron chi connectivity index (χ2n) is 9.58. The van der Waals surface area contributed by atoms with E-state index in [4.69, 9.17) is 11.6 Å². The average molecular weight is 514 g/mol. The number of carbonyl (C=O) groups excluding carboxylic acids is 3. The van der Waals surface area contributed by atoms with Gasteiger partial charge in [-0.05, 0) is 55.5 Å². The van der Waals surface area contributed by atoms with Crippen LogP contribution in [-0.2, 0) is 20.8 Å². The highest BCUT2D eigenvalue weighted by Crippen LogP contribution is 2.31. The Morgan fingerprint density at radius 3 is 2.28 bits per heavy atom. The minimum atomic E-state index is -1.17. The van der Waals surface area contributed by atoms with Gasteiger partial charge in [-0.15, -0.1) is 0 Å². The first-order valence-corrected chi connectivity index (χ1v) is 12.3. The van der Waals surface area contributed by atoms with Gasteiger partial charge in [-0.25, -0.2) is 4.79 Å². The molecule has 0 spiro atoms. The minimum absolute atomic E-state index is 0.0455. The topological polar surface area (TPSA) is 107 Å². The summed E-state index contributed by atoms with van der Waals surface area (Å²) in [6, 6.07) is 10.3. The van der Waals surface area contributed by atoms with E-state index in [-0.39, 0.29) is 34.7 Å². The first kappa shape index (κ1) is 27.2. The Balaban J connectivity index is 1.78. The fraction of sp³-hybridized carbons (Fsp3) is 0.407. The molecule has 1 saturated heterocycles. The molecule has 2 aromatic carbocycles. The molecule has 3 amide bonds. The number of anilines is 1. The number of aliphatic carboxylic acids is 1. The molecule has 1 aliphatic heterocycles. The molecule has 0 aromatic heterocycles. The van der Waals surface area contributed by atoms with Crippen LogP contribution < -0.4 is 10.2 Å². The fourth-order valence-corrected chi connectivity index (χ4v) is 5.02. The first-order valence-electron chi connectivity index (χ1n) is 11.9. The van der Waals surface area contributed by atoms with Crippen LogP contribution in [0.25, 0.3) is 0 Å². The van der Waals surface area contributed by atoms with Gasteiger partial charge >= 0.3 is 5.97 Å². The van der Waals surface area contributed by atoms with Crippen LogP contribution in [0.15, 0.2) is 42.5 Å². The summed E-state index contributed by atoms with van der Waals surface area (Å²) < 4.78 is 0. The quantitative estimate of drug-likeness (QED) is 0.554. The number of amides is 3. The number of benzene rings is 2. The largest absolute Gasteiger partial charge is 0.480 e. The van der Waals surface area contributed by atoms with Gasteiger partial charge in [-0.1, -0.05) is 49.7 Å². The fourth-order valence-electron chi connectivity index (χ4n) is 4.71. The molecule has 192 valence electrons. The van der Waals surface area contributed by atoms with Gasteiger partial charge in [0.2, 0.25) is 5.91 Å². The number of rotatable bonds is 8. The maximum absolute atomic E-state index is 13.2. The number of nitrogens with one attached hydrogen (secondary N) is 1. The lowest BCUT2D eigenvalue weighted by Crippen LogP contribution is -2.42. The number of hydrogen-bond acceptors (Lipinski definition) is 4. The highest BCUT2D eigenvalue weighted by Gasteiger charge is 2.45. The molecule has 2 aromatic rings. The number of carboxylic acids is 1. The van der Waals surface area contributed by atoms with E-state index in [0.29, 0.717) is 23.2 Å². The van der Waals surface area contributed by atoms with Crippen LogP contribution >= 0.6 is 11.6 Å². The van der Waals surface area contributed by atoms with Gasteiger partial charge in [0.1, 0.15) is 18.2 Å². The van der Waals surface area contributed by atoms with Gasteiger partial charge in [0.15, 0.2) is 0 Å². The minimum Gasteiger partial charge on any atom is -0.480 e. The van der Waals surface area contributed by atoms with Crippen LogP contribution in [0.1, 0.15) is 55.6 Å². The third kappa shape index (κ3) is 5.70. The van der Waals surface area contributed by atoms with Gasteiger partial charge in [0.25, 0.3) is 11.8 Å². The highest BCUT2D eigenvalue weighted by molar-refractivity contribution is 6.34. The number of halogens is 1. The number of hydrogen-bond donors (Lipinski definition) is 2. The summed E-state index contributed by atoms with van der Waals surface area (Å²) >= 11 is 6.15. The second kappa shape index (κ2) is 11.1. The van der Waals surface area contributed by atoms with Crippen LogP contribution in [0.4, 0.5) is 5.69 Å². The molecule has 0 aliphatic carbocycles. The molecule has 1 heterocycles. The molecule has 1 unspecified atom stereocenters. The SMILES string of the molecule is CC(=O)N1[C@H](CC(C)C)C(=O)N(c2ccc(CC(NC(=O)c3c(C)cccc3Cl)C(=O)O)cc2)[C@@H]1C. The smallest absolute Gasteiger partial charge is 0.326 e. The molecule has 2 N–H and O–H groups in total. The Morgan fingerprint density at radius 1 is 1.11 bits per heavy atom. The summed E-state index contributed by atoms with van der Waals surface area (Å²) in [5, 5.41) is 12.5. The summed E-state index contributed by atoms with van der Waals surface area (Å²) in [4.78, 5) is 53.4. The lowest BCUT2D eigenvalue weighted by molar-refractivity contribution is -0.139. The average Bonchev–Trinajstić information content (AvgIpc) is 3.02. The van der Waals surface area contributed by atoms with Crippen molar-refractivity contribution in [2.75, 3.05) is 4.90 Å². The molecule has 9 heteroatoms. The van der Waals surface area contributed by atoms with E-state index in [2.05, 4.69) is 5.32 Å². The van der Waals surface area contributed by atoms with E-state index in [0.717, 1.165) is 0 Å². The number of carboxylic acid groups (broad SMARTS) is 1. The zero-order valence-electron chi connectivity index (χ0n) is 21.1. The zero-order valence-corrected chi connectivity index (χ0v) is 21.9. The predicted molar refractivity (Wildman–Crippen MR) is 138 cm³/mol. The Morgan fingerprint density at radius 2 is 1.75 bits per heavy atom. The van der Waals surface area contributed by atoms with Crippen LogP contribution in [0.2, 0.25) is 5.02 Å². The monoisotopic (exact) mass is 513 g/mol. The molecular formula is C27H32ClN3O5. The van der Waals surface area contributed by atoms with Crippen molar-refractivity contribution in [1.29, 1.82) is 0 Å². The molecule has 0 radical (unpaired) electrons. The lowest BCUT2D eigenvalue weighted by Gasteiger charge is -2.28. The standard InChI is InChI=1S/C27H32ClN3O5/c1-15(2)13-23-26(34)31(17(4)30(23)18(5)32)20-11-9-19(10-12-20)14-22(27(35)36)29-25(33)24-16(3)7-6-8-21(24)28/h6-12,15,17,22-23H,13-14H2,1-5H3,(H,29,33)(H,35,36)/t17-,22?,23-/m1/s1. The Labute approximate surface area is 216 Å². The number of aryl methyl sites for hydroxylation is 1. The molecule has 3 atom stereocenters. The molecule has 0 saturated carbocycles. The second-order valence-corrected chi connectivity index (χ2v) is 9.99. The normalized spacial score (nSPS) is 18.5. The van der Waals surface area contributed by atoms with E-state index in [1.54, 1.807) is 59.2 Å². The Bertz CT molecular complexity index is 1140. The van der Waals surface area contributed by atoms with E-state index >= 15 is 0 Å². The summed E-state index contributed by atoms with van der Waals surface area (Å²) in [5.41, 5.74) is 2.18. The third-order valence-corrected chi connectivity index (χ3v) is 6.71. The zero-order chi connectivity index (χ0) is 26.7. The Kier molecular flexibility index (Phi) is 8.40. The molecule has 3 rings (SSSR count). The van der Waals surface area contributed by atoms with E-state index in [1.807, 2.05) is 20.8 Å². The van der Waals surface area contributed by atoms with Gasteiger partial charge in [0.05, 0.1) is 10.6 Å². The third-order valence-electron chi connectivity index (χ3n) is 6.40. The van der Waals surface area contributed by atoms with Crippen molar-refractivity contribution in [2.24, 2.45) is 5.92 Å². The molecule has 8 nitrogen and oxygen atoms in total. The Hall–Kier alpha value is -3.39. The maximum atomic E-state index is 13.2. The van der Waals surface area contributed by atoms with E-state index in [1.165, 1.54) is 6.92 Å². The molecule has 1 aliphatic rings. The molecular weight excluding hydrogens is 482 g/mol. The molecule has 1 fully saturated rings. The summed E-state index contributed by atoms with van der Waals surface area (Å²) in [5.74, 6) is -1.78. The summed E-state index contributed by atoms with van der Waals surface area (Å²) in [7, 11) is 0. The van der Waals surface area contributed by atoms with E-state index in [9.17, 15) is 24.3 Å². The molecule has 36 heavy (non-hydrogen) atoms. The van der Waals surface area contributed by atoms with E-state index < -0.39 is 30.1 Å².